The van der Waals surface area contributed by atoms with E-state index in [2.05, 4.69) is 24.1 Å². The first-order valence-corrected chi connectivity index (χ1v) is 8.85. The van der Waals surface area contributed by atoms with E-state index in [0.717, 1.165) is 6.42 Å². The minimum absolute atomic E-state index is 0.0631. The van der Waals surface area contributed by atoms with Gasteiger partial charge in [-0.2, -0.15) is 0 Å². The highest BCUT2D eigenvalue weighted by Gasteiger charge is 2.35. The lowest BCUT2D eigenvalue weighted by Crippen LogP contribution is -2.54. The van der Waals surface area contributed by atoms with Crippen molar-refractivity contribution in [1.29, 1.82) is 0 Å². The van der Waals surface area contributed by atoms with Gasteiger partial charge in [0.1, 0.15) is 0 Å². The topological polar surface area (TPSA) is 88.3 Å². The zero-order chi connectivity index (χ0) is 17.2. The highest BCUT2D eigenvalue weighted by Crippen LogP contribution is 2.28. The van der Waals surface area contributed by atoms with Crippen molar-refractivity contribution in [2.24, 2.45) is 17.1 Å². The molecule has 2 heterocycles. The third-order valence-corrected chi connectivity index (χ3v) is 5.11. The van der Waals surface area contributed by atoms with Gasteiger partial charge in [0.25, 0.3) is 0 Å². The summed E-state index contributed by atoms with van der Waals surface area (Å²) in [6, 6.07) is 0.128. The van der Waals surface area contributed by atoms with Crippen LogP contribution in [0.25, 0.3) is 0 Å². The van der Waals surface area contributed by atoms with Gasteiger partial charge in [-0.15, -0.1) is 11.3 Å². The Kier molecular flexibility index (Phi) is 5.41. The second kappa shape index (κ2) is 6.97. The molecule has 1 atom stereocenters. The minimum Gasteiger partial charge on any atom is -0.342 e. The number of aromatic nitrogens is 1. The van der Waals surface area contributed by atoms with Crippen molar-refractivity contribution in [1.82, 2.24) is 9.88 Å². The molecule has 2 rings (SSSR count). The molecule has 1 aromatic heterocycles. The number of carbonyl (C=O) groups is 2. The van der Waals surface area contributed by atoms with Crippen LogP contribution in [0.5, 0.6) is 0 Å². The molecule has 2 amide bonds. The molecule has 0 aromatic carbocycles. The van der Waals surface area contributed by atoms with Crippen LogP contribution < -0.4 is 11.1 Å². The summed E-state index contributed by atoms with van der Waals surface area (Å²) in [7, 11) is 0. The second-order valence-corrected chi connectivity index (χ2v) is 8.02. The summed E-state index contributed by atoms with van der Waals surface area (Å²) in [4.78, 5) is 30.3. The van der Waals surface area contributed by atoms with Gasteiger partial charge in [0.2, 0.25) is 11.8 Å². The van der Waals surface area contributed by atoms with Crippen molar-refractivity contribution < 1.29 is 9.59 Å². The van der Waals surface area contributed by atoms with Gasteiger partial charge in [-0.3, -0.25) is 9.59 Å². The van der Waals surface area contributed by atoms with Crippen molar-refractivity contribution in [2.75, 3.05) is 18.4 Å². The molecule has 0 radical (unpaired) electrons. The maximum absolute atomic E-state index is 12.5. The summed E-state index contributed by atoms with van der Waals surface area (Å²) in [5.74, 6) is -0.0928. The van der Waals surface area contributed by atoms with Crippen LogP contribution >= 0.6 is 11.3 Å². The van der Waals surface area contributed by atoms with Crippen molar-refractivity contribution in [3.8, 4) is 0 Å². The Bertz CT molecular complexity index is 582. The minimum atomic E-state index is -0.0937. The molecule has 1 fully saturated rings. The summed E-state index contributed by atoms with van der Waals surface area (Å²) in [6.07, 6.45) is 1.09. The number of nitrogens with two attached hydrogens (primary N) is 1. The Labute approximate surface area is 141 Å². The standard InChI is InChI=1S/C16H26N4O2S/c1-10(2)14(22)19-15-18-11(8-23-15)7-13(21)20-6-5-12(17)16(3,4)9-20/h8,10,12H,5-7,9,17H2,1-4H3,(H,18,19,22). The van der Waals surface area contributed by atoms with E-state index < -0.39 is 0 Å². The predicted molar refractivity (Wildman–Crippen MR) is 92.2 cm³/mol. The largest absolute Gasteiger partial charge is 0.342 e. The van der Waals surface area contributed by atoms with E-state index in [0.29, 0.717) is 23.9 Å². The number of piperidine rings is 1. The average Bonchev–Trinajstić information content (AvgIpc) is 2.88. The van der Waals surface area contributed by atoms with Gasteiger partial charge in [-0.1, -0.05) is 27.7 Å². The van der Waals surface area contributed by atoms with Crippen LogP contribution in [0.3, 0.4) is 0 Å². The number of nitrogens with zero attached hydrogens (tertiary/aromatic N) is 2. The van der Waals surface area contributed by atoms with Gasteiger partial charge < -0.3 is 16.0 Å². The molecule has 1 aliphatic heterocycles. The van der Waals surface area contributed by atoms with Crippen molar-refractivity contribution in [3.05, 3.63) is 11.1 Å². The number of likely N-dealkylation sites (tertiary alicyclic amines) is 1. The van der Waals surface area contributed by atoms with E-state index in [1.807, 2.05) is 24.1 Å². The van der Waals surface area contributed by atoms with E-state index in [1.165, 1.54) is 11.3 Å². The van der Waals surface area contributed by atoms with E-state index in [4.69, 9.17) is 5.73 Å². The lowest BCUT2D eigenvalue weighted by molar-refractivity contribution is -0.133. The quantitative estimate of drug-likeness (QED) is 0.877. The molecule has 0 aliphatic carbocycles. The summed E-state index contributed by atoms with van der Waals surface area (Å²) >= 11 is 1.35. The Morgan fingerprint density at radius 3 is 2.83 bits per heavy atom. The van der Waals surface area contributed by atoms with Gasteiger partial charge >= 0.3 is 0 Å². The average molecular weight is 338 g/mol. The first kappa shape index (κ1) is 17.9. The SMILES string of the molecule is CC(C)C(=O)Nc1nc(CC(=O)N2CCC(N)C(C)(C)C2)cs1. The molecule has 128 valence electrons. The fraction of sp³-hybridized carbons (Fsp3) is 0.688. The van der Waals surface area contributed by atoms with Gasteiger partial charge in [0.15, 0.2) is 5.13 Å². The predicted octanol–water partition coefficient (Wildman–Crippen LogP) is 1.87. The number of carbonyl (C=O) groups excluding carboxylic acids is 2. The Morgan fingerprint density at radius 2 is 2.22 bits per heavy atom. The highest BCUT2D eigenvalue weighted by molar-refractivity contribution is 7.13. The monoisotopic (exact) mass is 338 g/mol. The molecule has 1 aromatic rings. The van der Waals surface area contributed by atoms with Crippen LogP contribution in [0.2, 0.25) is 0 Å². The summed E-state index contributed by atoms with van der Waals surface area (Å²) < 4.78 is 0. The van der Waals surface area contributed by atoms with Gasteiger partial charge in [-0.25, -0.2) is 4.98 Å². The molecular formula is C16H26N4O2S. The molecule has 23 heavy (non-hydrogen) atoms. The Morgan fingerprint density at radius 1 is 1.52 bits per heavy atom. The summed E-state index contributed by atoms with van der Waals surface area (Å²) in [5.41, 5.74) is 6.75. The fourth-order valence-corrected chi connectivity index (χ4v) is 3.26. The molecule has 0 bridgehead atoms. The number of thiazole rings is 1. The molecule has 1 unspecified atom stereocenters. The lowest BCUT2D eigenvalue weighted by Gasteiger charge is -2.42. The number of anilines is 1. The molecule has 0 spiro atoms. The van der Waals surface area contributed by atoms with Gasteiger partial charge in [-0.05, 0) is 11.8 Å². The molecule has 3 N–H and O–H groups in total. The molecule has 7 heteroatoms. The Hall–Kier alpha value is -1.47. The van der Waals surface area contributed by atoms with Gasteiger partial charge in [0, 0.05) is 30.4 Å². The molecule has 1 aliphatic rings. The molecule has 1 saturated heterocycles. The van der Waals surface area contributed by atoms with E-state index >= 15 is 0 Å². The number of nitrogens with one attached hydrogen (secondary N) is 1. The van der Waals surface area contributed by atoms with Crippen LogP contribution in [0.1, 0.15) is 39.8 Å². The van der Waals surface area contributed by atoms with E-state index in [9.17, 15) is 9.59 Å². The number of hydrogen-bond acceptors (Lipinski definition) is 5. The summed E-state index contributed by atoms with van der Waals surface area (Å²) in [6.45, 7) is 9.23. The fourth-order valence-electron chi connectivity index (χ4n) is 2.55. The smallest absolute Gasteiger partial charge is 0.228 e. The number of hydrogen-bond donors (Lipinski definition) is 2. The van der Waals surface area contributed by atoms with E-state index in [-0.39, 0.29) is 35.6 Å². The number of rotatable bonds is 4. The zero-order valence-electron chi connectivity index (χ0n) is 14.3. The third kappa shape index (κ3) is 4.51. The van der Waals surface area contributed by atoms with Crippen LogP contribution in [0.4, 0.5) is 5.13 Å². The Balaban J connectivity index is 1.93. The molecule has 0 saturated carbocycles. The van der Waals surface area contributed by atoms with Crippen molar-refractivity contribution in [3.63, 3.8) is 0 Å². The van der Waals surface area contributed by atoms with Crippen molar-refractivity contribution in [2.45, 2.75) is 46.6 Å². The van der Waals surface area contributed by atoms with Crippen LogP contribution in [-0.4, -0.2) is 40.8 Å². The van der Waals surface area contributed by atoms with Crippen LogP contribution in [0.15, 0.2) is 5.38 Å². The lowest BCUT2D eigenvalue weighted by atomic mass is 9.79. The van der Waals surface area contributed by atoms with Crippen molar-refractivity contribution >= 4 is 28.3 Å². The maximum atomic E-state index is 12.5. The highest BCUT2D eigenvalue weighted by atomic mass is 32.1. The molecular weight excluding hydrogens is 312 g/mol. The number of amides is 2. The van der Waals surface area contributed by atoms with Crippen LogP contribution in [-0.2, 0) is 16.0 Å². The second-order valence-electron chi connectivity index (χ2n) is 7.16. The zero-order valence-corrected chi connectivity index (χ0v) is 15.1. The maximum Gasteiger partial charge on any atom is 0.228 e. The summed E-state index contributed by atoms with van der Waals surface area (Å²) in [5, 5.41) is 5.14. The van der Waals surface area contributed by atoms with Gasteiger partial charge in [0.05, 0.1) is 12.1 Å². The molecule has 6 nitrogen and oxygen atoms in total. The van der Waals surface area contributed by atoms with Crippen LogP contribution in [0, 0.1) is 11.3 Å². The third-order valence-electron chi connectivity index (χ3n) is 4.30. The first-order chi connectivity index (χ1) is 10.7. The van der Waals surface area contributed by atoms with E-state index in [1.54, 1.807) is 0 Å². The first-order valence-electron chi connectivity index (χ1n) is 7.97. The normalized spacial score (nSPS) is 20.6.